The number of aromatic nitrogens is 6. The van der Waals surface area contributed by atoms with E-state index in [9.17, 15) is 28.8 Å². The predicted molar refractivity (Wildman–Crippen MR) is 360 cm³/mol. The SMILES string of the molecule is Cc1ccc(-c2ccc(CNC(=O)CNC(=O)COc3ccccc3OCCN(CCOc3ccccc3OCC(=O)NCC(=O)NCc3ccc(-c4ccc(C)cn4)nc3)CCOc3ccccc3OCC(=O)NCC(=O)NCc3ccc(-c4ccc(C)cn4)nc3)cn2)nc1. The molecule has 500 valence electrons. The monoisotopic (exact) mass is 1310 g/mol. The molecular formula is C72H75N13O12. The molecule has 0 aliphatic carbocycles. The molecule has 25 nitrogen and oxygen atoms in total. The number of hydrogen-bond donors (Lipinski definition) is 6. The largest absolute Gasteiger partial charge is 0.488 e. The van der Waals surface area contributed by atoms with E-state index in [1.54, 1.807) is 110 Å². The van der Waals surface area contributed by atoms with Crippen LogP contribution in [0.3, 0.4) is 0 Å². The number of pyridine rings is 6. The van der Waals surface area contributed by atoms with Crippen molar-refractivity contribution in [1.82, 2.24) is 66.7 Å². The molecule has 0 aliphatic rings. The van der Waals surface area contributed by atoms with E-state index in [2.05, 4.69) is 61.8 Å². The molecule has 0 bridgehead atoms. The maximum absolute atomic E-state index is 12.9. The molecule has 6 amide bonds. The average Bonchev–Trinajstić information content (AvgIpc) is 1.52. The van der Waals surface area contributed by atoms with E-state index < -0.39 is 55.3 Å². The van der Waals surface area contributed by atoms with Crippen LogP contribution in [0.5, 0.6) is 34.5 Å². The van der Waals surface area contributed by atoms with E-state index in [1.807, 2.05) is 98.5 Å². The lowest BCUT2D eigenvalue weighted by Crippen LogP contribution is -2.38. The number of amides is 6. The maximum atomic E-state index is 12.9. The van der Waals surface area contributed by atoms with Gasteiger partial charge < -0.3 is 60.3 Å². The highest BCUT2D eigenvalue weighted by atomic mass is 16.5. The van der Waals surface area contributed by atoms with Crippen molar-refractivity contribution >= 4 is 35.4 Å². The van der Waals surface area contributed by atoms with Gasteiger partial charge >= 0.3 is 0 Å². The Balaban J connectivity index is 0.732. The van der Waals surface area contributed by atoms with Crippen molar-refractivity contribution in [3.8, 4) is 68.7 Å². The minimum Gasteiger partial charge on any atom is -0.488 e. The third kappa shape index (κ3) is 23.3. The summed E-state index contributed by atoms with van der Waals surface area (Å²) in [4.78, 5) is 105. The van der Waals surface area contributed by atoms with Gasteiger partial charge in [-0.3, -0.25) is 63.6 Å². The van der Waals surface area contributed by atoms with Gasteiger partial charge in [0.2, 0.25) is 17.7 Å². The van der Waals surface area contributed by atoms with Crippen molar-refractivity contribution in [1.29, 1.82) is 0 Å². The summed E-state index contributed by atoms with van der Waals surface area (Å²) in [5.74, 6) is -0.728. The Morgan fingerprint density at radius 1 is 0.299 bits per heavy atom. The number of carbonyl (C=O) groups excluding carboxylic acids is 6. The highest BCUT2D eigenvalue weighted by Crippen LogP contribution is 2.29. The molecule has 0 radical (unpaired) electrons. The van der Waals surface area contributed by atoms with Crippen LogP contribution in [0, 0.1) is 20.8 Å². The average molecular weight is 1310 g/mol. The molecule has 25 heteroatoms. The van der Waals surface area contributed by atoms with Crippen molar-refractivity contribution in [2.24, 2.45) is 0 Å². The van der Waals surface area contributed by atoms with Gasteiger partial charge in [-0.1, -0.05) is 72.8 Å². The van der Waals surface area contributed by atoms with Crippen LogP contribution in [-0.4, -0.2) is 149 Å². The molecule has 0 aliphatic heterocycles. The van der Waals surface area contributed by atoms with Gasteiger partial charge in [-0.25, -0.2) is 0 Å². The number of rotatable bonds is 36. The molecule has 6 N–H and O–H groups in total. The van der Waals surface area contributed by atoms with E-state index in [0.717, 1.165) is 50.5 Å². The summed E-state index contributed by atoms with van der Waals surface area (Å²) in [6, 6.07) is 43.3. The number of carbonyl (C=O) groups is 6. The molecule has 3 aromatic carbocycles. The van der Waals surface area contributed by atoms with E-state index >= 15 is 0 Å². The maximum Gasteiger partial charge on any atom is 0.258 e. The molecule has 0 atom stereocenters. The van der Waals surface area contributed by atoms with Gasteiger partial charge in [0.25, 0.3) is 17.7 Å². The molecule has 97 heavy (non-hydrogen) atoms. The zero-order valence-corrected chi connectivity index (χ0v) is 54.0. The van der Waals surface area contributed by atoms with E-state index in [1.165, 1.54) is 0 Å². The van der Waals surface area contributed by atoms with Crippen molar-refractivity contribution < 1.29 is 57.2 Å². The van der Waals surface area contributed by atoms with Crippen molar-refractivity contribution in [2.45, 2.75) is 40.4 Å². The van der Waals surface area contributed by atoms with Gasteiger partial charge in [0.15, 0.2) is 54.3 Å². The fraction of sp³-hybridized carbons (Fsp3) is 0.250. The Labute approximate surface area is 561 Å². The molecule has 0 fully saturated rings. The van der Waals surface area contributed by atoms with E-state index in [0.29, 0.717) is 71.2 Å². The number of aryl methyl sites for hydroxylation is 3. The Morgan fingerprint density at radius 3 is 0.784 bits per heavy atom. The minimum absolute atomic E-state index is 0.154. The third-order valence-electron chi connectivity index (χ3n) is 14.4. The fourth-order valence-electron chi connectivity index (χ4n) is 9.06. The van der Waals surface area contributed by atoms with Crippen LogP contribution < -0.4 is 60.3 Å². The molecule has 0 saturated carbocycles. The van der Waals surface area contributed by atoms with E-state index in [-0.39, 0.29) is 59.1 Å². The second-order valence-electron chi connectivity index (χ2n) is 22.1. The molecule has 9 aromatic rings. The first-order valence-electron chi connectivity index (χ1n) is 31.3. The third-order valence-corrected chi connectivity index (χ3v) is 14.4. The fourth-order valence-corrected chi connectivity index (χ4v) is 9.06. The Morgan fingerprint density at radius 2 is 0.546 bits per heavy atom. The lowest BCUT2D eigenvalue weighted by molar-refractivity contribution is -0.127. The molecule has 0 unspecified atom stereocenters. The van der Waals surface area contributed by atoms with Gasteiger partial charge in [0, 0.05) is 76.4 Å². The summed E-state index contributed by atoms with van der Waals surface area (Å²) in [6.45, 7) is 6.05. The van der Waals surface area contributed by atoms with Gasteiger partial charge in [0.05, 0.1) is 53.8 Å². The standard InChI is InChI=1S/C72H75N13O12/c1-49-16-22-55(73-34-49)58-25-19-52(37-76-58)40-79-67(86)43-82-70(89)46-95-64-13-7-4-10-61(64)92-31-28-85(29-32-93-62-11-5-8-14-65(62)96-47-71(90)83-44-68(87)80-41-53-20-26-59(77-38-53)56-23-17-50(2)35-74-56)30-33-94-63-12-6-9-15-66(63)97-48-72(91)84-45-69(88)81-42-54-21-27-60(78-39-54)57-24-18-51(3)36-75-57/h4-27,34-39H,28-33,40-48H2,1-3H3,(H,79,86)(H,80,87)(H,81,88)(H,82,89)(H,83,90)(H,84,91). The second-order valence-corrected chi connectivity index (χ2v) is 22.1. The summed E-state index contributed by atoms with van der Waals surface area (Å²) in [5, 5.41) is 16.1. The quantitative estimate of drug-likeness (QED) is 0.0253. The van der Waals surface area contributed by atoms with Gasteiger partial charge in [-0.2, -0.15) is 0 Å². The number of para-hydroxylation sites is 6. The summed E-state index contributed by atoms with van der Waals surface area (Å²) in [7, 11) is 0. The number of benzene rings is 3. The molecule has 0 saturated heterocycles. The minimum atomic E-state index is -0.521. The lowest BCUT2D eigenvalue weighted by Gasteiger charge is -2.23. The summed E-state index contributed by atoms with van der Waals surface area (Å²) in [5.41, 5.74) is 9.81. The number of nitrogens with one attached hydrogen (secondary N) is 6. The normalized spacial score (nSPS) is 10.8. The van der Waals surface area contributed by atoms with Crippen LogP contribution in [0.1, 0.15) is 33.4 Å². The van der Waals surface area contributed by atoms with E-state index in [4.69, 9.17) is 28.4 Å². The summed E-state index contributed by atoms with van der Waals surface area (Å²) < 4.78 is 36.3. The Bertz CT molecular complexity index is 3620. The first-order chi connectivity index (χ1) is 47.2. The van der Waals surface area contributed by atoms with Crippen LogP contribution in [0.4, 0.5) is 0 Å². The van der Waals surface area contributed by atoms with Gasteiger partial charge in [-0.15, -0.1) is 0 Å². The van der Waals surface area contributed by atoms with Crippen molar-refractivity contribution in [2.75, 3.05) is 78.9 Å². The van der Waals surface area contributed by atoms with Crippen molar-refractivity contribution in [3.05, 3.63) is 216 Å². The molecule has 9 rings (SSSR count). The van der Waals surface area contributed by atoms with Gasteiger partial charge in [0.1, 0.15) is 19.8 Å². The first-order valence-corrected chi connectivity index (χ1v) is 31.3. The Kier molecular flexibility index (Phi) is 26.2. The van der Waals surface area contributed by atoms with Crippen LogP contribution >= 0.6 is 0 Å². The Hall–Kier alpha value is -11.9. The van der Waals surface area contributed by atoms with Crippen molar-refractivity contribution in [3.63, 3.8) is 0 Å². The highest BCUT2D eigenvalue weighted by Gasteiger charge is 2.17. The smallest absolute Gasteiger partial charge is 0.258 e. The number of hydrogen-bond acceptors (Lipinski definition) is 19. The zero-order valence-electron chi connectivity index (χ0n) is 54.0. The topological polar surface area (TPSA) is 311 Å². The highest BCUT2D eigenvalue weighted by molar-refractivity contribution is 5.87. The summed E-state index contributed by atoms with van der Waals surface area (Å²) >= 11 is 0. The van der Waals surface area contributed by atoms with Crippen LogP contribution in [0.15, 0.2) is 183 Å². The number of ether oxygens (including phenoxy) is 6. The van der Waals surface area contributed by atoms with Gasteiger partial charge in [-0.05, 0) is 127 Å². The van der Waals surface area contributed by atoms with Crippen LogP contribution in [-0.2, 0) is 48.4 Å². The van der Waals surface area contributed by atoms with Crippen LogP contribution in [0.25, 0.3) is 34.2 Å². The first kappa shape index (κ1) is 69.5. The predicted octanol–water partition coefficient (Wildman–Crippen LogP) is 6.26. The molecule has 6 heterocycles. The molecular weight excluding hydrogens is 1240 g/mol. The zero-order chi connectivity index (χ0) is 68.0. The number of nitrogens with zero attached hydrogens (tertiary/aromatic N) is 7. The second kappa shape index (κ2) is 36.6. The molecule has 0 spiro atoms. The lowest BCUT2D eigenvalue weighted by atomic mass is 10.2. The van der Waals surface area contributed by atoms with Crippen LogP contribution in [0.2, 0.25) is 0 Å². The molecule has 6 aromatic heterocycles. The summed E-state index contributed by atoms with van der Waals surface area (Å²) in [6.07, 6.45) is 10.3.